The zero-order valence-corrected chi connectivity index (χ0v) is 10.5. The van der Waals surface area contributed by atoms with E-state index in [2.05, 4.69) is 18.0 Å². The summed E-state index contributed by atoms with van der Waals surface area (Å²) in [6.45, 7) is 2.49. The molecule has 0 aromatic carbocycles. The molecule has 0 aliphatic carbocycles. The normalized spacial score (nSPS) is 10.0. The van der Waals surface area contributed by atoms with Gasteiger partial charge in [0.05, 0.1) is 17.8 Å². The van der Waals surface area contributed by atoms with Gasteiger partial charge in [-0.3, -0.25) is 0 Å². The van der Waals surface area contributed by atoms with Gasteiger partial charge in [0.15, 0.2) is 0 Å². The van der Waals surface area contributed by atoms with E-state index in [1.54, 1.807) is 0 Å². The maximum Gasteiger partial charge on any atom is 0.515 e. The summed E-state index contributed by atoms with van der Waals surface area (Å²) >= 11 is 5.59. The molecule has 4 nitrogen and oxygen atoms in total. The van der Waals surface area contributed by atoms with Gasteiger partial charge in [-0.2, -0.15) is 0 Å². The Kier molecular flexibility index (Phi) is 6.40. The van der Waals surface area contributed by atoms with Gasteiger partial charge in [-0.15, -0.1) is 0 Å². The van der Waals surface area contributed by atoms with Crippen molar-refractivity contribution in [1.82, 2.24) is 4.98 Å². The van der Waals surface area contributed by atoms with Gasteiger partial charge >= 0.3 is 6.16 Å². The highest BCUT2D eigenvalue weighted by Gasteiger charge is 2.06. The Morgan fingerprint density at radius 1 is 1.47 bits per heavy atom. The summed E-state index contributed by atoms with van der Waals surface area (Å²) in [6.07, 6.45) is 4.80. The van der Waals surface area contributed by atoms with E-state index in [4.69, 9.17) is 21.1 Å². The van der Waals surface area contributed by atoms with E-state index >= 15 is 0 Å². The van der Waals surface area contributed by atoms with Crippen LogP contribution >= 0.6 is 11.6 Å². The molecule has 0 aliphatic heterocycles. The SMILES string of the molecule is CCCCCCOC(=O)Oc1c[c]c(Cl)cn1. The van der Waals surface area contributed by atoms with Crippen LogP contribution in [0.5, 0.6) is 5.88 Å². The van der Waals surface area contributed by atoms with Crippen LogP contribution in [0.1, 0.15) is 32.6 Å². The van der Waals surface area contributed by atoms with Crippen molar-refractivity contribution in [2.24, 2.45) is 0 Å². The molecule has 0 saturated carbocycles. The lowest BCUT2D eigenvalue weighted by molar-refractivity contribution is 0.0958. The van der Waals surface area contributed by atoms with E-state index in [0.717, 1.165) is 25.7 Å². The molecule has 0 spiro atoms. The van der Waals surface area contributed by atoms with E-state index in [0.29, 0.717) is 11.6 Å². The molecule has 0 N–H and O–H groups in total. The Morgan fingerprint density at radius 3 is 2.94 bits per heavy atom. The number of aromatic nitrogens is 1. The zero-order valence-electron chi connectivity index (χ0n) is 9.74. The summed E-state index contributed by atoms with van der Waals surface area (Å²) in [5, 5.41) is 0.366. The minimum atomic E-state index is -0.746. The third-order valence-electron chi connectivity index (χ3n) is 2.04. The van der Waals surface area contributed by atoms with E-state index in [1.165, 1.54) is 12.3 Å². The smallest absolute Gasteiger partial charge is 0.434 e. The van der Waals surface area contributed by atoms with Crippen LogP contribution in [-0.4, -0.2) is 17.7 Å². The van der Waals surface area contributed by atoms with Crippen molar-refractivity contribution in [2.75, 3.05) is 6.61 Å². The molecule has 1 radical (unpaired) electrons. The number of halogens is 1. The number of nitrogens with zero attached hydrogens (tertiary/aromatic N) is 1. The van der Waals surface area contributed by atoms with Crippen LogP contribution in [0.15, 0.2) is 12.3 Å². The summed E-state index contributed by atoms with van der Waals surface area (Å²) in [5.74, 6) is 0.132. The van der Waals surface area contributed by atoms with Crippen molar-refractivity contribution in [3.63, 3.8) is 0 Å². The monoisotopic (exact) mass is 256 g/mol. The fourth-order valence-corrected chi connectivity index (χ4v) is 1.28. The summed E-state index contributed by atoms with van der Waals surface area (Å²) in [4.78, 5) is 15.0. The van der Waals surface area contributed by atoms with E-state index < -0.39 is 6.16 Å². The summed E-state index contributed by atoms with van der Waals surface area (Å²) in [6, 6.07) is 4.05. The molecular weight excluding hydrogens is 242 g/mol. The molecular formula is C12H15ClNO3. The molecule has 0 bridgehead atoms. The summed E-state index contributed by atoms with van der Waals surface area (Å²) < 4.78 is 9.69. The van der Waals surface area contributed by atoms with Crippen LogP contribution in [0.2, 0.25) is 5.02 Å². The number of carbonyl (C=O) groups excluding carboxylic acids is 1. The minimum absolute atomic E-state index is 0.132. The molecule has 1 aromatic rings. The van der Waals surface area contributed by atoms with Crippen LogP contribution in [0, 0.1) is 6.07 Å². The second-order valence-electron chi connectivity index (χ2n) is 3.49. The molecule has 1 rings (SSSR count). The van der Waals surface area contributed by atoms with Gasteiger partial charge in [-0.25, -0.2) is 9.78 Å². The first-order valence-electron chi connectivity index (χ1n) is 5.60. The molecule has 0 atom stereocenters. The molecule has 0 unspecified atom stereocenters. The third-order valence-corrected chi connectivity index (χ3v) is 2.25. The molecule has 93 valence electrons. The highest BCUT2D eigenvalue weighted by Crippen LogP contribution is 2.11. The van der Waals surface area contributed by atoms with Gasteiger partial charge in [0, 0.05) is 12.1 Å². The fourth-order valence-electron chi connectivity index (χ4n) is 1.18. The van der Waals surface area contributed by atoms with Crippen molar-refractivity contribution < 1.29 is 14.3 Å². The minimum Gasteiger partial charge on any atom is -0.434 e. The molecule has 1 heterocycles. The van der Waals surface area contributed by atoms with Gasteiger partial charge < -0.3 is 9.47 Å². The predicted octanol–water partition coefficient (Wildman–Crippen LogP) is 3.63. The maximum atomic E-state index is 11.2. The maximum absolute atomic E-state index is 11.2. The van der Waals surface area contributed by atoms with Crippen LogP contribution in [0.25, 0.3) is 0 Å². The summed E-state index contributed by atoms with van der Waals surface area (Å²) in [7, 11) is 0. The molecule has 0 fully saturated rings. The quantitative estimate of drug-likeness (QED) is 0.576. The predicted molar refractivity (Wildman–Crippen MR) is 64.2 cm³/mol. The first kappa shape index (κ1) is 13.8. The zero-order chi connectivity index (χ0) is 12.5. The van der Waals surface area contributed by atoms with Gasteiger partial charge in [0.25, 0.3) is 0 Å². The van der Waals surface area contributed by atoms with Crippen molar-refractivity contribution in [1.29, 1.82) is 0 Å². The second kappa shape index (κ2) is 7.90. The average Bonchev–Trinajstić information content (AvgIpc) is 2.32. The summed E-state index contributed by atoms with van der Waals surface area (Å²) in [5.41, 5.74) is 0. The highest BCUT2D eigenvalue weighted by molar-refractivity contribution is 6.30. The molecule has 5 heteroatoms. The van der Waals surface area contributed by atoms with Crippen LogP contribution in [-0.2, 0) is 4.74 Å². The Morgan fingerprint density at radius 2 is 2.29 bits per heavy atom. The number of rotatable bonds is 6. The molecule has 0 saturated heterocycles. The van der Waals surface area contributed by atoms with Crippen molar-refractivity contribution in [3.8, 4) is 5.88 Å². The number of carbonyl (C=O) groups is 1. The largest absolute Gasteiger partial charge is 0.515 e. The first-order chi connectivity index (χ1) is 8.22. The van der Waals surface area contributed by atoms with Gasteiger partial charge in [-0.05, 0) is 6.42 Å². The number of hydrogen-bond donors (Lipinski definition) is 0. The molecule has 0 amide bonds. The topological polar surface area (TPSA) is 48.4 Å². The van der Waals surface area contributed by atoms with Crippen molar-refractivity contribution in [3.05, 3.63) is 23.4 Å². The van der Waals surface area contributed by atoms with Gasteiger partial charge in [0.2, 0.25) is 5.88 Å². The lowest BCUT2D eigenvalue weighted by Gasteiger charge is -2.04. The number of pyridine rings is 1. The molecule has 0 aliphatic rings. The van der Waals surface area contributed by atoms with Crippen molar-refractivity contribution >= 4 is 17.8 Å². The lowest BCUT2D eigenvalue weighted by atomic mass is 10.2. The van der Waals surface area contributed by atoms with Crippen LogP contribution < -0.4 is 4.74 Å². The number of hydrogen-bond acceptors (Lipinski definition) is 4. The molecule has 17 heavy (non-hydrogen) atoms. The van der Waals surface area contributed by atoms with Crippen molar-refractivity contribution in [2.45, 2.75) is 32.6 Å². The highest BCUT2D eigenvalue weighted by atomic mass is 35.5. The lowest BCUT2D eigenvalue weighted by Crippen LogP contribution is -2.12. The number of unbranched alkanes of at least 4 members (excludes halogenated alkanes) is 3. The van der Waals surface area contributed by atoms with Crippen LogP contribution in [0.3, 0.4) is 0 Å². The third kappa shape index (κ3) is 6.12. The average molecular weight is 257 g/mol. The number of ether oxygens (including phenoxy) is 2. The fraction of sp³-hybridized carbons (Fsp3) is 0.500. The van der Waals surface area contributed by atoms with E-state index in [9.17, 15) is 4.79 Å². The standard InChI is InChI=1S/C12H15ClNO3/c1-2-3-4-5-8-16-12(15)17-11-7-6-10(13)9-14-11/h7,9H,2-5,8H2,1H3. The first-order valence-corrected chi connectivity index (χ1v) is 5.98. The van der Waals surface area contributed by atoms with Gasteiger partial charge in [-0.1, -0.05) is 37.8 Å². The second-order valence-corrected chi connectivity index (χ2v) is 3.90. The van der Waals surface area contributed by atoms with Crippen LogP contribution in [0.4, 0.5) is 4.79 Å². The Balaban J connectivity index is 2.18. The Hall–Kier alpha value is -1.29. The van der Waals surface area contributed by atoms with E-state index in [1.807, 2.05) is 0 Å². The van der Waals surface area contributed by atoms with Gasteiger partial charge in [0.1, 0.15) is 0 Å². The Labute approximate surface area is 106 Å². The van der Waals surface area contributed by atoms with E-state index in [-0.39, 0.29) is 5.88 Å². The molecule has 1 aromatic heterocycles. The Bertz CT molecular complexity index is 340.